The Balaban J connectivity index is 2.89. The molecule has 0 radical (unpaired) electrons. The summed E-state index contributed by atoms with van der Waals surface area (Å²) in [5, 5.41) is 2.19. The van der Waals surface area contributed by atoms with E-state index >= 15 is 0 Å². The van der Waals surface area contributed by atoms with Gasteiger partial charge in [0, 0.05) is 18.0 Å². The molecule has 0 amide bonds. The molecule has 1 nitrogen and oxygen atoms in total. The van der Waals surface area contributed by atoms with Gasteiger partial charge in [-0.3, -0.25) is 4.98 Å². The van der Waals surface area contributed by atoms with E-state index in [1.807, 2.05) is 31.5 Å². The highest BCUT2D eigenvalue weighted by molar-refractivity contribution is 5.94. The van der Waals surface area contributed by atoms with Gasteiger partial charge < -0.3 is 0 Å². The summed E-state index contributed by atoms with van der Waals surface area (Å²) in [6.07, 6.45) is 9.75. The van der Waals surface area contributed by atoms with Crippen molar-refractivity contribution in [3.8, 4) is 0 Å². The summed E-state index contributed by atoms with van der Waals surface area (Å²) in [6, 6.07) is 0. The molecule has 80 valence electrons. The number of pyridine rings is 1. The van der Waals surface area contributed by atoms with Crippen molar-refractivity contribution in [1.82, 2.24) is 4.98 Å². The van der Waals surface area contributed by atoms with Gasteiger partial charge in [0.15, 0.2) is 0 Å². The smallest absolute Gasteiger partial charge is 0.0353 e. The normalized spacial score (nSPS) is 14.8. The number of rotatable bonds is 2. The lowest BCUT2D eigenvalue weighted by Gasteiger charge is -2.00. The zero-order chi connectivity index (χ0) is 11.7. The Morgan fingerprint density at radius 3 is 2.62 bits per heavy atom. The van der Waals surface area contributed by atoms with E-state index in [9.17, 15) is 0 Å². The first kappa shape index (κ1) is 10.6. The van der Waals surface area contributed by atoms with Crippen molar-refractivity contribution in [2.75, 3.05) is 0 Å². The summed E-state index contributed by atoms with van der Waals surface area (Å²) >= 11 is 0. The molecule has 0 fully saturated rings. The number of aromatic nitrogens is 1. The van der Waals surface area contributed by atoms with Crippen LogP contribution in [0.25, 0.3) is 17.7 Å². The van der Waals surface area contributed by atoms with Gasteiger partial charge in [-0.15, -0.1) is 0 Å². The molecule has 1 aromatic heterocycles. The maximum Gasteiger partial charge on any atom is 0.0353 e. The van der Waals surface area contributed by atoms with E-state index in [0.29, 0.717) is 0 Å². The first-order chi connectivity index (χ1) is 7.70. The molecule has 0 spiro atoms. The van der Waals surface area contributed by atoms with Gasteiger partial charge in [-0.05, 0) is 41.0 Å². The highest BCUT2D eigenvalue weighted by Crippen LogP contribution is 2.28. The third-order valence-electron chi connectivity index (χ3n) is 2.92. The fraction of sp³-hybridized carbons (Fsp3) is 0.133. The van der Waals surface area contributed by atoms with Crippen LogP contribution in [0, 0.1) is 0 Å². The first-order valence-electron chi connectivity index (χ1n) is 5.34. The highest BCUT2D eigenvalue weighted by atomic mass is 14.6. The summed E-state index contributed by atoms with van der Waals surface area (Å²) in [7, 11) is 0. The predicted octanol–water partition coefficient (Wildman–Crippen LogP) is 2.19. The lowest BCUT2D eigenvalue weighted by Crippen LogP contribution is -2.27. The van der Waals surface area contributed by atoms with Crippen LogP contribution in [0.5, 0.6) is 0 Å². The standard InChI is InChI=1S/C15H15N/c1-5-7-13-11(4)15-10(3)8-16-9-14(15)12(13)6-2/h5-9H,2-3H2,1,4H3/b7-5-. The van der Waals surface area contributed by atoms with Crippen LogP contribution >= 0.6 is 0 Å². The summed E-state index contributed by atoms with van der Waals surface area (Å²) < 4.78 is 0. The molecule has 1 aliphatic carbocycles. The van der Waals surface area contributed by atoms with E-state index in [0.717, 1.165) is 16.4 Å². The quantitative estimate of drug-likeness (QED) is 0.727. The largest absolute Gasteiger partial charge is 0.263 e. The number of allylic oxidation sites excluding steroid dienone is 5. The summed E-state index contributed by atoms with van der Waals surface area (Å²) in [5.74, 6) is 0. The van der Waals surface area contributed by atoms with Crippen molar-refractivity contribution >= 4 is 17.7 Å². The highest BCUT2D eigenvalue weighted by Gasteiger charge is 2.16. The molecule has 0 unspecified atom stereocenters. The molecule has 0 bridgehead atoms. The van der Waals surface area contributed by atoms with E-state index in [1.54, 1.807) is 0 Å². The molecule has 0 N–H and O–H groups in total. The van der Waals surface area contributed by atoms with Crippen LogP contribution in [-0.2, 0) is 0 Å². The monoisotopic (exact) mass is 209 g/mol. The van der Waals surface area contributed by atoms with Crippen LogP contribution in [-0.4, -0.2) is 4.98 Å². The van der Waals surface area contributed by atoms with Crippen molar-refractivity contribution in [2.45, 2.75) is 13.8 Å². The van der Waals surface area contributed by atoms with Crippen LogP contribution in [0.2, 0.25) is 0 Å². The zero-order valence-electron chi connectivity index (χ0n) is 9.75. The Morgan fingerprint density at radius 2 is 2.00 bits per heavy atom. The van der Waals surface area contributed by atoms with Crippen molar-refractivity contribution in [3.05, 3.63) is 58.8 Å². The molecule has 1 heterocycles. The Morgan fingerprint density at radius 1 is 1.25 bits per heavy atom. The molecule has 16 heavy (non-hydrogen) atoms. The molecule has 0 saturated carbocycles. The van der Waals surface area contributed by atoms with Gasteiger partial charge in [0.2, 0.25) is 0 Å². The topological polar surface area (TPSA) is 12.9 Å². The van der Waals surface area contributed by atoms with E-state index in [4.69, 9.17) is 0 Å². The number of hydrogen-bond acceptors (Lipinski definition) is 1. The van der Waals surface area contributed by atoms with E-state index in [1.165, 1.54) is 16.4 Å². The fourth-order valence-corrected chi connectivity index (χ4v) is 2.23. The molecule has 0 saturated heterocycles. The summed E-state index contributed by atoms with van der Waals surface area (Å²) in [4.78, 5) is 4.20. The first-order valence-corrected chi connectivity index (χ1v) is 5.34. The maximum atomic E-state index is 4.20. The van der Waals surface area contributed by atoms with E-state index in [2.05, 4.69) is 31.1 Å². The average molecular weight is 209 g/mol. The lowest BCUT2D eigenvalue weighted by atomic mass is 10.0. The second-order valence-electron chi connectivity index (χ2n) is 3.88. The van der Waals surface area contributed by atoms with Crippen molar-refractivity contribution < 1.29 is 0 Å². The maximum absolute atomic E-state index is 4.20. The van der Waals surface area contributed by atoms with Crippen molar-refractivity contribution in [1.29, 1.82) is 0 Å². The van der Waals surface area contributed by atoms with E-state index in [-0.39, 0.29) is 0 Å². The third-order valence-corrected chi connectivity index (χ3v) is 2.92. The lowest BCUT2D eigenvalue weighted by molar-refractivity contribution is 1.26. The third kappa shape index (κ3) is 1.36. The Kier molecular flexibility index (Phi) is 2.61. The van der Waals surface area contributed by atoms with Gasteiger partial charge in [-0.25, -0.2) is 0 Å². The summed E-state index contributed by atoms with van der Waals surface area (Å²) in [5.41, 5.74) is 4.79. The molecule has 0 aromatic carbocycles. The van der Waals surface area contributed by atoms with Gasteiger partial charge in [-0.1, -0.05) is 31.4 Å². The zero-order valence-corrected chi connectivity index (χ0v) is 9.75. The molecule has 1 aliphatic rings. The van der Waals surface area contributed by atoms with E-state index < -0.39 is 0 Å². The second-order valence-corrected chi connectivity index (χ2v) is 3.88. The predicted molar refractivity (Wildman–Crippen MR) is 70.0 cm³/mol. The van der Waals surface area contributed by atoms with Crippen LogP contribution in [0.15, 0.2) is 42.8 Å². The van der Waals surface area contributed by atoms with Crippen LogP contribution in [0.1, 0.15) is 19.4 Å². The van der Waals surface area contributed by atoms with Gasteiger partial charge in [0.05, 0.1) is 0 Å². The minimum Gasteiger partial charge on any atom is -0.263 e. The Hall–Kier alpha value is -1.89. The Labute approximate surface area is 95.8 Å². The Bertz CT molecular complexity index is 615. The molecular formula is C15H15N. The molecule has 1 heteroatoms. The SMILES string of the molecule is C=CC1=C(/C=C\C)C(C)=c2c1cncc2=C. The fourth-order valence-electron chi connectivity index (χ4n) is 2.23. The van der Waals surface area contributed by atoms with Crippen LogP contribution in [0.4, 0.5) is 0 Å². The minimum absolute atomic E-state index is 0.980. The summed E-state index contributed by atoms with van der Waals surface area (Å²) in [6.45, 7) is 12.1. The molecule has 0 aliphatic heterocycles. The van der Waals surface area contributed by atoms with Crippen LogP contribution in [0.3, 0.4) is 0 Å². The van der Waals surface area contributed by atoms with Gasteiger partial charge in [-0.2, -0.15) is 0 Å². The minimum atomic E-state index is 0.980. The van der Waals surface area contributed by atoms with Crippen LogP contribution < -0.4 is 10.4 Å². The molecule has 0 atom stereocenters. The molecule has 2 rings (SSSR count). The average Bonchev–Trinajstić information content (AvgIpc) is 2.54. The number of fused-ring (bicyclic) bond motifs is 1. The number of hydrogen-bond donors (Lipinski definition) is 0. The van der Waals surface area contributed by atoms with Crippen molar-refractivity contribution in [3.63, 3.8) is 0 Å². The van der Waals surface area contributed by atoms with Gasteiger partial charge >= 0.3 is 0 Å². The molecular weight excluding hydrogens is 194 g/mol. The van der Waals surface area contributed by atoms with Gasteiger partial charge in [0.25, 0.3) is 0 Å². The van der Waals surface area contributed by atoms with Crippen molar-refractivity contribution in [2.24, 2.45) is 0 Å². The molecule has 1 aromatic rings. The van der Waals surface area contributed by atoms with Gasteiger partial charge in [0.1, 0.15) is 0 Å². The second kappa shape index (κ2) is 3.93. The number of nitrogens with zero attached hydrogens (tertiary/aromatic N) is 1.